The van der Waals surface area contributed by atoms with Crippen LogP contribution >= 0.6 is 0 Å². The third kappa shape index (κ3) is 6.58. The summed E-state index contributed by atoms with van der Waals surface area (Å²) in [5.41, 5.74) is 17.1. The second kappa shape index (κ2) is 15.8. The van der Waals surface area contributed by atoms with Crippen LogP contribution in [0.3, 0.4) is 0 Å². The van der Waals surface area contributed by atoms with Gasteiger partial charge in [0.15, 0.2) is 0 Å². The maximum absolute atomic E-state index is 9.30. The molecule has 3 aliphatic heterocycles. The molecule has 0 fully saturated rings. The Labute approximate surface area is 427 Å². The summed E-state index contributed by atoms with van der Waals surface area (Å²) in [6.45, 7) is 13.2. The van der Waals surface area contributed by atoms with E-state index in [1.54, 1.807) is 0 Å². The number of para-hydroxylation sites is 6. The summed E-state index contributed by atoms with van der Waals surface area (Å²) in [6.07, 6.45) is 0. The summed E-state index contributed by atoms with van der Waals surface area (Å²) in [7, 11) is 0. The number of aromatic nitrogens is 3. The van der Waals surface area contributed by atoms with E-state index < -0.39 is 6.04 Å². The summed E-state index contributed by atoms with van der Waals surface area (Å²) < 4.78 is 56.7. The van der Waals surface area contributed by atoms with Crippen LogP contribution in [0, 0.1) is 3.80 Å². The van der Waals surface area contributed by atoms with Crippen molar-refractivity contribution in [3.05, 3.63) is 209 Å². The molecule has 13 rings (SSSR count). The fourth-order valence-electron chi connectivity index (χ4n) is 10.7. The number of fused-ring (bicyclic) bond motifs is 10. The predicted molar refractivity (Wildman–Crippen MR) is 285 cm³/mol. The number of anilines is 4. The molecule has 10 aromatic rings. The van der Waals surface area contributed by atoms with E-state index in [9.17, 15) is 2.74 Å². The van der Waals surface area contributed by atoms with E-state index in [0.29, 0.717) is 22.9 Å². The molecule has 342 valence electrons. The molecule has 0 N–H and O–H groups in total. The first kappa shape index (κ1) is 37.4. The molecule has 8 heteroatoms. The van der Waals surface area contributed by atoms with Crippen LogP contribution in [0.2, 0.25) is 0 Å². The topological polar surface area (TPSA) is 38.5 Å². The molecule has 0 aliphatic carbocycles. The van der Waals surface area contributed by atoms with Crippen LogP contribution in [0.15, 0.2) is 194 Å². The maximum atomic E-state index is 9.30. The number of imidazole rings is 1. The number of pyridine rings is 1. The first-order chi connectivity index (χ1) is 36.0. The fourth-order valence-corrected chi connectivity index (χ4v) is 11.8. The second-order valence-electron chi connectivity index (χ2n) is 20.4. The molecule has 0 saturated heterocycles. The quantitative estimate of drug-likeness (QED) is 0.156. The molecule has 70 heavy (non-hydrogen) atoms. The van der Waals surface area contributed by atoms with Crippen molar-refractivity contribution in [1.82, 2.24) is 14.1 Å². The number of rotatable bonds is 6. The van der Waals surface area contributed by atoms with Gasteiger partial charge in [0.2, 0.25) is 0 Å². The van der Waals surface area contributed by atoms with Crippen molar-refractivity contribution >= 4 is 46.4 Å². The van der Waals surface area contributed by atoms with Gasteiger partial charge < -0.3 is 0 Å². The summed E-state index contributed by atoms with van der Waals surface area (Å²) in [6, 6.07) is 55.1. The molecule has 8 aromatic carbocycles. The first-order valence-corrected chi connectivity index (χ1v) is 24.9. The Balaban J connectivity index is 0.975. The molecule has 0 spiro atoms. The summed E-state index contributed by atoms with van der Waals surface area (Å²) in [5, 5.41) is 0. The SMILES string of the molecule is [2H]c1c([2H])c([2H])c(-c2cccc(-c3cc(C(C)(C)C)cc(C(C)(C)C)c3)c2-n2[c](=[Pt])n(-c3cccc(Oc4ccc5c(n4)N4B6c7c(cccc7-5)-c5ccccc5N6c5ccccc54)c3)c3ccccc32)c([2H])c1[2H]. The van der Waals surface area contributed by atoms with Crippen molar-refractivity contribution in [2.45, 2.75) is 52.4 Å². The molecule has 0 saturated carbocycles. The van der Waals surface area contributed by atoms with Crippen LogP contribution in [0.25, 0.3) is 66.9 Å². The fraction of sp³-hybridized carbons (Fsp3) is 0.129. The number of benzene rings is 8. The minimum absolute atomic E-state index is 0.118. The average Bonchev–Trinajstić information content (AvgIpc) is 4.04. The van der Waals surface area contributed by atoms with Crippen LogP contribution in [-0.2, 0) is 30.2 Å². The van der Waals surface area contributed by atoms with E-state index in [1.807, 2.05) is 48.5 Å². The number of hydrogen-bond donors (Lipinski definition) is 0. The van der Waals surface area contributed by atoms with E-state index >= 15 is 0 Å². The zero-order chi connectivity index (χ0) is 52.0. The molecule has 0 amide bonds. The Morgan fingerprint density at radius 2 is 1.09 bits per heavy atom. The van der Waals surface area contributed by atoms with Crippen molar-refractivity contribution in [2.24, 2.45) is 0 Å². The molecular weight excluding hydrogens is 1040 g/mol. The van der Waals surface area contributed by atoms with Crippen molar-refractivity contribution in [3.63, 3.8) is 0 Å². The molecule has 2 aromatic heterocycles. The van der Waals surface area contributed by atoms with Crippen LogP contribution in [0.5, 0.6) is 11.6 Å². The Bertz CT molecular complexity index is 4090. The zero-order valence-electron chi connectivity index (χ0n) is 44.6. The van der Waals surface area contributed by atoms with E-state index in [4.69, 9.17) is 13.8 Å². The Hall–Kier alpha value is -7.47. The molecule has 0 atom stereocenters. The molecule has 0 unspecified atom stereocenters. The van der Waals surface area contributed by atoms with Gasteiger partial charge in [-0.2, -0.15) is 0 Å². The normalized spacial score (nSPS) is 14.3. The molecule has 0 bridgehead atoms. The first-order valence-electron chi connectivity index (χ1n) is 26.2. The second-order valence-corrected chi connectivity index (χ2v) is 21.4. The van der Waals surface area contributed by atoms with Gasteiger partial charge in [0.05, 0.1) is 0 Å². The molecular formula is C62H50BN5OPt. The van der Waals surface area contributed by atoms with E-state index in [1.165, 1.54) is 33.4 Å². The summed E-state index contributed by atoms with van der Waals surface area (Å²) >= 11 is 2.37. The van der Waals surface area contributed by atoms with Gasteiger partial charge in [-0.15, -0.1) is 0 Å². The van der Waals surface area contributed by atoms with Crippen molar-refractivity contribution in [2.75, 3.05) is 9.62 Å². The van der Waals surface area contributed by atoms with Crippen LogP contribution < -0.4 is 19.8 Å². The predicted octanol–water partition coefficient (Wildman–Crippen LogP) is 15.3. The summed E-state index contributed by atoms with van der Waals surface area (Å²) in [5.74, 6) is 1.89. The van der Waals surface area contributed by atoms with Crippen molar-refractivity contribution in [3.8, 4) is 67.5 Å². The Morgan fingerprint density at radius 3 is 1.79 bits per heavy atom. The van der Waals surface area contributed by atoms with E-state index in [2.05, 4.69) is 195 Å². The van der Waals surface area contributed by atoms with Gasteiger partial charge in [0.1, 0.15) is 0 Å². The third-order valence-corrected chi connectivity index (χ3v) is 15.1. The van der Waals surface area contributed by atoms with Gasteiger partial charge >= 0.3 is 358 Å². The van der Waals surface area contributed by atoms with Crippen LogP contribution in [0.1, 0.15) is 59.5 Å². The molecule has 5 heterocycles. The van der Waals surface area contributed by atoms with Gasteiger partial charge in [-0.3, -0.25) is 0 Å². The average molecular weight is 1090 g/mol. The van der Waals surface area contributed by atoms with E-state index in [0.717, 1.165) is 60.0 Å². The Kier molecular flexibility index (Phi) is 8.44. The number of nitrogens with zero attached hydrogens (tertiary/aromatic N) is 5. The van der Waals surface area contributed by atoms with Gasteiger partial charge in [0, 0.05) is 11.3 Å². The standard InChI is InChI=1S/C62H50BN5O.Pt/c1-61(2,3)42-35-41(36-43(37-42)62(4,5)6)47-25-17-24-46(40-19-8-7-9-20-40)59(47)66-39-65(53-29-12-13-30-54(53)66)44-21-16-22-45(38-44)69-57-34-33-51-50-27-18-26-49-48-23-10-11-28-52(48)67-55-31-14-15-32-56(55)68(60(51)64-57)63(67)58(49)50;/h7-38H,1-6H3;/i7D,8D,9D,19D,20D;. The number of ether oxygens (including phenoxy) is 1. The van der Waals surface area contributed by atoms with Crippen molar-refractivity contribution < 1.29 is 30.9 Å². The van der Waals surface area contributed by atoms with Crippen LogP contribution in [0.4, 0.5) is 22.9 Å². The van der Waals surface area contributed by atoms with E-state index in [-0.39, 0.29) is 47.5 Å². The van der Waals surface area contributed by atoms with Gasteiger partial charge in [-0.25, -0.2) is 0 Å². The Morgan fingerprint density at radius 1 is 0.514 bits per heavy atom. The van der Waals surface area contributed by atoms with Gasteiger partial charge in [-0.05, 0) is 17.7 Å². The van der Waals surface area contributed by atoms with Crippen LogP contribution in [-0.4, -0.2) is 21.1 Å². The molecule has 0 radical (unpaired) electrons. The third-order valence-electron chi connectivity index (χ3n) is 14.1. The van der Waals surface area contributed by atoms with Gasteiger partial charge in [0.25, 0.3) is 0 Å². The number of hydrogen-bond acceptors (Lipinski definition) is 4. The molecule has 6 nitrogen and oxygen atoms in total. The zero-order valence-corrected chi connectivity index (χ0v) is 41.9. The monoisotopic (exact) mass is 1090 g/mol. The molecule has 3 aliphatic rings. The van der Waals surface area contributed by atoms with Crippen molar-refractivity contribution in [1.29, 1.82) is 0 Å². The summed E-state index contributed by atoms with van der Waals surface area (Å²) in [4.78, 5) is 10.2. The van der Waals surface area contributed by atoms with Gasteiger partial charge in [-0.1, -0.05) is 42.5 Å². The minimum atomic E-state index is -0.432.